The number of carbonyl (C=O) groups is 1. The van der Waals surface area contributed by atoms with Crippen LogP contribution in [0.25, 0.3) is 11.0 Å². The van der Waals surface area contributed by atoms with E-state index in [4.69, 9.17) is 9.47 Å². The predicted molar refractivity (Wildman–Crippen MR) is 93.7 cm³/mol. The fraction of sp³-hybridized carbons (Fsp3) is 0.263. The molecule has 0 radical (unpaired) electrons. The Morgan fingerprint density at radius 2 is 2.15 bits per heavy atom. The number of ether oxygens (including phenoxy) is 2. The van der Waals surface area contributed by atoms with Crippen molar-refractivity contribution in [2.45, 2.75) is 12.6 Å². The van der Waals surface area contributed by atoms with Gasteiger partial charge in [0.15, 0.2) is 0 Å². The van der Waals surface area contributed by atoms with Crippen molar-refractivity contribution in [2.24, 2.45) is 0 Å². The molecule has 1 aromatic heterocycles. The number of hydrogen-bond acceptors (Lipinski definition) is 4. The summed E-state index contributed by atoms with van der Waals surface area (Å²) in [6, 6.07) is 11.1. The summed E-state index contributed by atoms with van der Waals surface area (Å²) in [6.07, 6.45) is 0. The molecule has 2 heterocycles. The summed E-state index contributed by atoms with van der Waals surface area (Å²) in [5.74, 6) is 0.950. The Labute approximate surface area is 149 Å². The molecule has 7 heteroatoms. The van der Waals surface area contributed by atoms with Crippen molar-refractivity contribution in [2.75, 3.05) is 20.3 Å². The molecule has 2 aromatic carbocycles. The van der Waals surface area contributed by atoms with Crippen LogP contribution < -0.4 is 10.1 Å². The summed E-state index contributed by atoms with van der Waals surface area (Å²) in [5.41, 5.74) is 2.23. The molecule has 0 aliphatic carbocycles. The first-order valence-corrected chi connectivity index (χ1v) is 8.32. The van der Waals surface area contributed by atoms with E-state index in [1.54, 1.807) is 7.11 Å². The molecule has 1 amide bonds. The Morgan fingerprint density at radius 1 is 1.35 bits per heavy atom. The van der Waals surface area contributed by atoms with E-state index in [9.17, 15) is 9.18 Å². The highest BCUT2D eigenvalue weighted by atomic mass is 19.1. The SMILES string of the molecule is COc1ccc2nc3n(c2c1)C(CNC(=O)c1ccc(F)cc1)COC3. The summed E-state index contributed by atoms with van der Waals surface area (Å²) >= 11 is 0. The van der Waals surface area contributed by atoms with Gasteiger partial charge in [-0.1, -0.05) is 0 Å². The van der Waals surface area contributed by atoms with Gasteiger partial charge in [0.25, 0.3) is 5.91 Å². The fourth-order valence-corrected chi connectivity index (χ4v) is 3.18. The smallest absolute Gasteiger partial charge is 0.251 e. The van der Waals surface area contributed by atoms with Crippen LogP contribution in [0.1, 0.15) is 22.2 Å². The Balaban J connectivity index is 1.57. The van der Waals surface area contributed by atoms with Crippen LogP contribution in [0.3, 0.4) is 0 Å². The number of hydrogen-bond donors (Lipinski definition) is 1. The van der Waals surface area contributed by atoms with Crippen molar-refractivity contribution < 1.29 is 18.7 Å². The van der Waals surface area contributed by atoms with Crippen molar-refractivity contribution >= 4 is 16.9 Å². The maximum Gasteiger partial charge on any atom is 0.251 e. The minimum absolute atomic E-state index is 0.0831. The molecule has 0 bridgehead atoms. The average Bonchev–Trinajstić information content (AvgIpc) is 3.04. The van der Waals surface area contributed by atoms with E-state index in [-0.39, 0.29) is 17.8 Å². The Bertz CT molecular complexity index is 953. The largest absolute Gasteiger partial charge is 0.497 e. The molecule has 0 saturated carbocycles. The van der Waals surface area contributed by atoms with Crippen molar-refractivity contribution in [1.82, 2.24) is 14.9 Å². The molecule has 4 rings (SSSR count). The summed E-state index contributed by atoms with van der Waals surface area (Å²) in [6.45, 7) is 1.28. The molecule has 6 nitrogen and oxygen atoms in total. The minimum Gasteiger partial charge on any atom is -0.497 e. The molecular formula is C19H18FN3O3. The number of nitrogens with zero attached hydrogens (tertiary/aromatic N) is 2. The number of fused-ring (bicyclic) bond motifs is 3. The lowest BCUT2D eigenvalue weighted by atomic mass is 10.2. The number of rotatable bonds is 4. The number of benzene rings is 2. The van der Waals surface area contributed by atoms with Gasteiger partial charge in [-0.3, -0.25) is 4.79 Å². The van der Waals surface area contributed by atoms with Gasteiger partial charge in [-0.25, -0.2) is 9.37 Å². The second kappa shape index (κ2) is 6.76. The molecule has 3 aromatic rings. The molecule has 1 unspecified atom stereocenters. The van der Waals surface area contributed by atoms with Gasteiger partial charge in [0.05, 0.1) is 30.8 Å². The van der Waals surface area contributed by atoms with Crippen LogP contribution in [0.4, 0.5) is 4.39 Å². The average molecular weight is 355 g/mol. The second-order valence-corrected chi connectivity index (χ2v) is 6.14. The maximum absolute atomic E-state index is 13.0. The summed E-state index contributed by atoms with van der Waals surface area (Å²) in [7, 11) is 1.62. The van der Waals surface area contributed by atoms with E-state index in [1.807, 2.05) is 18.2 Å². The number of carbonyl (C=O) groups excluding carboxylic acids is 1. The van der Waals surface area contributed by atoms with Crippen LogP contribution in [0.15, 0.2) is 42.5 Å². The van der Waals surface area contributed by atoms with Crippen molar-refractivity contribution in [3.05, 3.63) is 59.7 Å². The number of imidazole rings is 1. The Morgan fingerprint density at radius 3 is 2.92 bits per heavy atom. The van der Waals surface area contributed by atoms with Crippen LogP contribution >= 0.6 is 0 Å². The molecule has 1 atom stereocenters. The molecule has 26 heavy (non-hydrogen) atoms. The molecule has 0 fully saturated rings. The van der Waals surface area contributed by atoms with Gasteiger partial charge in [-0.15, -0.1) is 0 Å². The molecule has 1 aliphatic heterocycles. The van der Waals surface area contributed by atoms with Crippen LogP contribution in [-0.4, -0.2) is 35.7 Å². The first-order valence-electron chi connectivity index (χ1n) is 8.32. The normalized spacial score (nSPS) is 16.3. The lowest BCUT2D eigenvalue weighted by Gasteiger charge is -2.26. The van der Waals surface area contributed by atoms with Gasteiger partial charge in [0.1, 0.15) is 24.0 Å². The standard InChI is InChI=1S/C19H18FN3O3/c1-25-15-6-7-16-17(8-15)23-14(10-26-11-18(23)22-16)9-21-19(24)12-2-4-13(20)5-3-12/h2-8,14H,9-11H2,1H3,(H,21,24). The zero-order valence-corrected chi connectivity index (χ0v) is 14.2. The third kappa shape index (κ3) is 3.01. The van der Waals surface area contributed by atoms with E-state index < -0.39 is 0 Å². The topological polar surface area (TPSA) is 65.4 Å². The van der Waals surface area contributed by atoms with Crippen molar-refractivity contribution in [3.63, 3.8) is 0 Å². The molecule has 134 valence electrons. The first-order chi connectivity index (χ1) is 12.7. The predicted octanol–water partition coefficient (Wildman–Crippen LogP) is 2.69. The minimum atomic E-state index is -0.370. The van der Waals surface area contributed by atoms with Crippen LogP contribution in [-0.2, 0) is 11.3 Å². The molecular weight excluding hydrogens is 337 g/mol. The highest BCUT2D eigenvalue weighted by molar-refractivity contribution is 5.94. The van der Waals surface area contributed by atoms with E-state index in [2.05, 4.69) is 14.9 Å². The maximum atomic E-state index is 13.0. The summed E-state index contributed by atoms with van der Waals surface area (Å²) < 4.78 is 26.0. The second-order valence-electron chi connectivity index (χ2n) is 6.14. The van der Waals surface area contributed by atoms with Crippen LogP contribution in [0.2, 0.25) is 0 Å². The van der Waals surface area contributed by atoms with Crippen LogP contribution in [0.5, 0.6) is 5.75 Å². The van der Waals surface area contributed by atoms with Crippen molar-refractivity contribution in [1.29, 1.82) is 0 Å². The molecule has 1 N–H and O–H groups in total. The van der Waals surface area contributed by atoms with E-state index in [0.717, 1.165) is 22.6 Å². The third-order valence-corrected chi connectivity index (χ3v) is 4.48. The monoisotopic (exact) mass is 355 g/mol. The van der Waals surface area contributed by atoms with Gasteiger partial charge in [0.2, 0.25) is 0 Å². The summed E-state index contributed by atoms with van der Waals surface area (Å²) in [5, 5.41) is 2.89. The zero-order valence-electron chi connectivity index (χ0n) is 14.2. The summed E-state index contributed by atoms with van der Waals surface area (Å²) in [4.78, 5) is 16.9. The number of methoxy groups -OCH3 is 1. The van der Waals surface area contributed by atoms with Gasteiger partial charge in [0, 0.05) is 18.2 Å². The number of halogens is 1. The third-order valence-electron chi connectivity index (χ3n) is 4.48. The Kier molecular flexibility index (Phi) is 4.30. The lowest BCUT2D eigenvalue weighted by molar-refractivity contribution is 0.0553. The highest BCUT2D eigenvalue weighted by Crippen LogP contribution is 2.28. The van der Waals surface area contributed by atoms with Crippen LogP contribution in [0, 0.1) is 5.82 Å². The zero-order chi connectivity index (χ0) is 18.1. The number of aromatic nitrogens is 2. The fourth-order valence-electron chi connectivity index (χ4n) is 3.18. The van der Waals surface area contributed by atoms with Gasteiger partial charge >= 0.3 is 0 Å². The van der Waals surface area contributed by atoms with Crippen molar-refractivity contribution in [3.8, 4) is 5.75 Å². The highest BCUT2D eigenvalue weighted by Gasteiger charge is 2.25. The lowest BCUT2D eigenvalue weighted by Crippen LogP contribution is -2.35. The number of nitrogens with one attached hydrogen (secondary N) is 1. The quantitative estimate of drug-likeness (QED) is 0.781. The van der Waals surface area contributed by atoms with Gasteiger partial charge in [-0.2, -0.15) is 0 Å². The number of amides is 1. The van der Waals surface area contributed by atoms with Gasteiger partial charge < -0.3 is 19.4 Å². The molecule has 0 saturated heterocycles. The van der Waals surface area contributed by atoms with E-state index in [1.165, 1.54) is 24.3 Å². The van der Waals surface area contributed by atoms with Gasteiger partial charge in [-0.05, 0) is 36.4 Å². The first kappa shape index (κ1) is 16.5. The van der Waals surface area contributed by atoms with E-state index >= 15 is 0 Å². The Hall–Kier alpha value is -2.93. The molecule has 1 aliphatic rings. The molecule has 0 spiro atoms. The van der Waals surface area contributed by atoms with E-state index in [0.29, 0.717) is 25.3 Å².